The number of nitrogens with two attached hydrogens (primary N) is 1. The van der Waals surface area contributed by atoms with Crippen LogP contribution in [-0.4, -0.2) is 40.0 Å². The van der Waals surface area contributed by atoms with E-state index >= 15 is 0 Å². The number of aromatic nitrogens is 1. The van der Waals surface area contributed by atoms with Gasteiger partial charge in [0.1, 0.15) is 0 Å². The summed E-state index contributed by atoms with van der Waals surface area (Å²) in [5, 5.41) is 9.15. The summed E-state index contributed by atoms with van der Waals surface area (Å²) in [4.78, 5) is 29.0. The zero-order chi connectivity index (χ0) is 14.0. The van der Waals surface area contributed by atoms with E-state index in [0.29, 0.717) is 31.6 Å². The number of carbonyl (C=O) groups excluding carboxylic acids is 1. The molecule has 0 aliphatic carbocycles. The molecule has 0 saturated carbocycles. The molecule has 0 spiro atoms. The molecule has 0 radical (unpaired) electrons. The van der Waals surface area contributed by atoms with Crippen molar-refractivity contribution in [1.82, 2.24) is 9.88 Å². The number of hydrogen-bond donors (Lipinski definition) is 2. The largest absolute Gasteiger partial charge is 0.481 e. The van der Waals surface area contributed by atoms with Gasteiger partial charge in [0.25, 0.3) is 5.91 Å². The molecule has 2 rings (SSSR count). The summed E-state index contributed by atoms with van der Waals surface area (Å²) in [5.41, 5.74) is 5.57. The fourth-order valence-corrected chi connectivity index (χ4v) is 2.16. The molecule has 1 aromatic rings. The molecule has 19 heavy (non-hydrogen) atoms. The van der Waals surface area contributed by atoms with E-state index in [1.165, 1.54) is 6.20 Å². The molecule has 2 heterocycles. The fraction of sp³-hybridized carbons (Fsp3) is 0.462. The molecule has 1 amide bonds. The predicted octanol–water partition coefficient (Wildman–Crippen LogP) is 0.991. The number of piperidine rings is 1. The van der Waals surface area contributed by atoms with E-state index in [1.807, 2.05) is 0 Å². The molecule has 0 bridgehead atoms. The number of hydrogen-bond acceptors (Lipinski definition) is 4. The minimum Gasteiger partial charge on any atom is -0.481 e. The Hall–Kier alpha value is -2.11. The topological polar surface area (TPSA) is 96.5 Å². The summed E-state index contributed by atoms with van der Waals surface area (Å²) in [5.74, 6) is -1.04. The van der Waals surface area contributed by atoms with Crippen LogP contribution in [-0.2, 0) is 4.79 Å². The van der Waals surface area contributed by atoms with Gasteiger partial charge in [-0.15, -0.1) is 0 Å². The first-order chi connectivity index (χ1) is 8.94. The van der Waals surface area contributed by atoms with Gasteiger partial charge in [0.05, 0.1) is 11.1 Å². The van der Waals surface area contributed by atoms with Crippen molar-refractivity contribution in [1.29, 1.82) is 0 Å². The van der Waals surface area contributed by atoms with Gasteiger partial charge in [0.15, 0.2) is 5.69 Å². The molecule has 102 valence electrons. The zero-order valence-electron chi connectivity index (χ0n) is 10.8. The maximum Gasteiger partial charge on any atom is 0.309 e. The van der Waals surface area contributed by atoms with Crippen molar-refractivity contribution in [2.75, 3.05) is 18.8 Å². The molecule has 1 fully saturated rings. The molecule has 6 nitrogen and oxygen atoms in total. The zero-order valence-corrected chi connectivity index (χ0v) is 10.8. The smallest absolute Gasteiger partial charge is 0.309 e. The van der Waals surface area contributed by atoms with Crippen molar-refractivity contribution in [3.8, 4) is 0 Å². The molecule has 1 saturated heterocycles. The summed E-state index contributed by atoms with van der Waals surface area (Å²) in [7, 11) is 0. The van der Waals surface area contributed by atoms with Gasteiger partial charge < -0.3 is 15.7 Å². The molecule has 1 aromatic heterocycles. The second-order valence-corrected chi connectivity index (χ2v) is 5.10. The standard InChI is InChI=1S/C13H17N3O3/c1-13(12(18)19)4-7-16(8-5-13)11(17)10-9(14)3-2-6-15-10/h2-3,6H,4-5,7-8,14H2,1H3,(H,18,19). The van der Waals surface area contributed by atoms with E-state index in [1.54, 1.807) is 24.0 Å². The number of anilines is 1. The molecular formula is C13H17N3O3. The van der Waals surface area contributed by atoms with Crippen molar-refractivity contribution in [3.63, 3.8) is 0 Å². The third kappa shape index (κ3) is 2.52. The van der Waals surface area contributed by atoms with Crippen LogP contribution in [0.15, 0.2) is 18.3 Å². The lowest BCUT2D eigenvalue weighted by molar-refractivity contribution is -0.150. The highest BCUT2D eigenvalue weighted by atomic mass is 16.4. The maximum absolute atomic E-state index is 12.2. The number of rotatable bonds is 2. The molecule has 3 N–H and O–H groups in total. The Morgan fingerprint density at radius 2 is 2.05 bits per heavy atom. The average molecular weight is 263 g/mol. The van der Waals surface area contributed by atoms with Crippen LogP contribution in [0, 0.1) is 5.41 Å². The SMILES string of the molecule is CC1(C(=O)O)CCN(C(=O)c2ncccc2N)CC1. The van der Waals surface area contributed by atoms with E-state index in [9.17, 15) is 9.59 Å². The Balaban J connectivity index is 2.08. The lowest BCUT2D eigenvalue weighted by Crippen LogP contribution is -2.45. The fourth-order valence-electron chi connectivity index (χ4n) is 2.16. The summed E-state index contributed by atoms with van der Waals surface area (Å²) >= 11 is 0. The van der Waals surface area contributed by atoms with Crippen molar-refractivity contribution in [3.05, 3.63) is 24.0 Å². The number of likely N-dealkylation sites (tertiary alicyclic amines) is 1. The van der Waals surface area contributed by atoms with Crippen LogP contribution in [0.2, 0.25) is 0 Å². The summed E-state index contributed by atoms with van der Waals surface area (Å²) in [6.07, 6.45) is 2.41. The Bertz CT molecular complexity index is 508. The second kappa shape index (κ2) is 4.87. The maximum atomic E-state index is 12.2. The molecule has 0 atom stereocenters. The molecule has 1 aliphatic heterocycles. The highest BCUT2D eigenvalue weighted by Gasteiger charge is 2.38. The Kier molecular flexibility index (Phi) is 3.42. The monoisotopic (exact) mass is 263 g/mol. The number of amides is 1. The number of nitrogen functional groups attached to an aromatic ring is 1. The molecule has 6 heteroatoms. The minimum absolute atomic E-state index is 0.231. The van der Waals surface area contributed by atoms with Crippen molar-refractivity contribution >= 4 is 17.6 Å². The van der Waals surface area contributed by atoms with E-state index in [0.717, 1.165) is 0 Å². The van der Waals surface area contributed by atoms with Crippen LogP contribution in [0.4, 0.5) is 5.69 Å². The molecule has 0 unspecified atom stereocenters. The first-order valence-corrected chi connectivity index (χ1v) is 6.17. The van der Waals surface area contributed by atoms with Crippen LogP contribution >= 0.6 is 0 Å². The summed E-state index contributed by atoms with van der Waals surface area (Å²) in [6.45, 7) is 2.54. The second-order valence-electron chi connectivity index (χ2n) is 5.10. The number of aliphatic carboxylic acids is 1. The lowest BCUT2D eigenvalue weighted by atomic mass is 9.80. The molecule has 0 aromatic carbocycles. The van der Waals surface area contributed by atoms with Gasteiger partial charge in [-0.3, -0.25) is 9.59 Å². The van der Waals surface area contributed by atoms with E-state index in [-0.39, 0.29) is 11.6 Å². The van der Waals surface area contributed by atoms with Gasteiger partial charge in [0, 0.05) is 19.3 Å². The Labute approximate surface area is 111 Å². The van der Waals surface area contributed by atoms with Crippen LogP contribution in [0.1, 0.15) is 30.3 Å². The third-order valence-electron chi connectivity index (χ3n) is 3.71. The van der Waals surface area contributed by atoms with E-state index < -0.39 is 11.4 Å². The summed E-state index contributed by atoms with van der Waals surface area (Å²) < 4.78 is 0. The van der Waals surface area contributed by atoms with Crippen LogP contribution < -0.4 is 5.73 Å². The van der Waals surface area contributed by atoms with Gasteiger partial charge in [-0.1, -0.05) is 0 Å². The van der Waals surface area contributed by atoms with Crippen LogP contribution in [0.3, 0.4) is 0 Å². The minimum atomic E-state index is -0.808. The third-order valence-corrected chi connectivity index (χ3v) is 3.71. The summed E-state index contributed by atoms with van der Waals surface area (Å²) in [6, 6.07) is 3.30. The highest BCUT2D eigenvalue weighted by molar-refractivity contribution is 5.97. The average Bonchev–Trinajstić information content (AvgIpc) is 2.39. The first-order valence-electron chi connectivity index (χ1n) is 6.17. The number of carboxylic acids is 1. The van der Waals surface area contributed by atoms with Crippen molar-refractivity contribution < 1.29 is 14.7 Å². The first kappa shape index (κ1) is 13.3. The van der Waals surface area contributed by atoms with Gasteiger partial charge in [-0.25, -0.2) is 4.98 Å². The van der Waals surface area contributed by atoms with Gasteiger partial charge >= 0.3 is 5.97 Å². The van der Waals surface area contributed by atoms with E-state index in [4.69, 9.17) is 10.8 Å². The molecule has 1 aliphatic rings. The number of pyridine rings is 1. The quantitative estimate of drug-likeness (QED) is 0.829. The highest BCUT2D eigenvalue weighted by Crippen LogP contribution is 2.31. The number of nitrogens with zero attached hydrogens (tertiary/aromatic N) is 2. The lowest BCUT2D eigenvalue weighted by Gasteiger charge is -2.36. The number of carboxylic acid groups (broad SMARTS) is 1. The Morgan fingerprint density at radius 1 is 1.42 bits per heavy atom. The van der Waals surface area contributed by atoms with Gasteiger partial charge in [-0.05, 0) is 31.9 Å². The number of carbonyl (C=O) groups is 2. The van der Waals surface area contributed by atoms with Gasteiger partial charge in [-0.2, -0.15) is 0 Å². The normalized spacial score (nSPS) is 18.1. The molecular weight excluding hydrogens is 246 g/mol. The van der Waals surface area contributed by atoms with E-state index in [2.05, 4.69) is 4.98 Å². The van der Waals surface area contributed by atoms with Crippen molar-refractivity contribution in [2.45, 2.75) is 19.8 Å². The van der Waals surface area contributed by atoms with Gasteiger partial charge in [0.2, 0.25) is 0 Å². The predicted molar refractivity (Wildman–Crippen MR) is 69.5 cm³/mol. The van der Waals surface area contributed by atoms with Crippen molar-refractivity contribution in [2.24, 2.45) is 5.41 Å². The Morgan fingerprint density at radius 3 is 2.58 bits per heavy atom. The van der Waals surface area contributed by atoms with Crippen LogP contribution in [0.5, 0.6) is 0 Å². The van der Waals surface area contributed by atoms with Crippen LogP contribution in [0.25, 0.3) is 0 Å².